The molecule has 0 bridgehead atoms. The number of nitrogens with zero attached hydrogens (tertiary/aromatic N) is 1. The van der Waals surface area contributed by atoms with Crippen molar-refractivity contribution in [2.24, 2.45) is 0 Å². The number of hydrogen-bond donors (Lipinski definition) is 2. The Balaban J connectivity index is 2.27. The first kappa shape index (κ1) is 17.9. The van der Waals surface area contributed by atoms with E-state index in [2.05, 4.69) is 5.32 Å². The van der Waals surface area contributed by atoms with E-state index in [9.17, 15) is 14.7 Å². The Kier molecular flexibility index (Phi) is 7.07. The Morgan fingerprint density at radius 2 is 2.29 bits per heavy atom. The first-order valence-electron chi connectivity index (χ1n) is 6.98. The highest BCUT2D eigenvalue weighted by Crippen LogP contribution is 2.08. The lowest BCUT2D eigenvalue weighted by molar-refractivity contribution is -0.122. The zero-order chi connectivity index (χ0) is 15.9. The van der Waals surface area contributed by atoms with Gasteiger partial charge in [-0.15, -0.1) is 0 Å². The molecule has 0 radical (unpaired) electrons. The maximum Gasteiger partial charge on any atom is 0.307 e. The zero-order valence-electron chi connectivity index (χ0n) is 12.8. The van der Waals surface area contributed by atoms with Crippen molar-refractivity contribution in [1.29, 1.82) is 0 Å². The number of nitrogens with one attached hydrogen (secondary N) is 1. The molecule has 0 aliphatic rings. The normalized spacial score (nSPS) is 13.9. The summed E-state index contributed by atoms with van der Waals surface area (Å²) >= 11 is 1.17. The molecular weight excluding hydrogens is 292 g/mol. The Morgan fingerprint density at radius 1 is 1.57 bits per heavy atom. The van der Waals surface area contributed by atoms with E-state index < -0.39 is 5.60 Å². The fourth-order valence-corrected chi connectivity index (χ4v) is 2.62. The number of carbonyl (C=O) groups is 1. The van der Waals surface area contributed by atoms with Gasteiger partial charge in [-0.1, -0.05) is 11.3 Å². The largest absolute Gasteiger partial charge is 0.388 e. The molecule has 1 heterocycles. The molecule has 1 aromatic rings. The van der Waals surface area contributed by atoms with Crippen LogP contribution in [0.2, 0.25) is 0 Å². The van der Waals surface area contributed by atoms with Crippen LogP contribution in [0.1, 0.15) is 31.9 Å². The van der Waals surface area contributed by atoms with Crippen molar-refractivity contribution >= 4 is 17.2 Å². The van der Waals surface area contributed by atoms with Gasteiger partial charge in [0.15, 0.2) is 0 Å². The predicted molar refractivity (Wildman–Crippen MR) is 82.7 cm³/mol. The van der Waals surface area contributed by atoms with E-state index >= 15 is 0 Å². The second-order valence-electron chi connectivity index (χ2n) is 5.41. The first-order chi connectivity index (χ1) is 9.85. The van der Waals surface area contributed by atoms with E-state index in [4.69, 9.17) is 4.74 Å². The average molecular weight is 316 g/mol. The van der Waals surface area contributed by atoms with Crippen molar-refractivity contribution in [2.75, 3.05) is 20.3 Å². The maximum atomic E-state index is 11.7. The first-order valence-corrected chi connectivity index (χ1v) is 7.86. The van der Waals surface area contributed by atoms with Crippen molar-refractivity contribution in [3.63, 3.8) is 0 Å². The van der Waals surface area contributed by atoms with Gasteiger partial charge in [0.25, 0.3) is 0 Å². The molecule has 1 unspecified atom stereocenters. The van der Waals surface area contributed by atoms with Gasteiger partial charge in [-0.25, -0.2) is 0 Å². The van der Waals surface area contributed by atoms with Crippen molar-refractivity contribution in [2.45, 2.75) is 45.3 Å². The van der Waals surface area contributed by atoms with Gasteiger partial charge in [0.2, 0.25) is 5.91 Å². The summed E-state index contributed by atoms with van der Waals surface area (Å²) in [6.07, 6.45) is 1.40. The summed E-state index contributed by atoms with van der Waals surface area (Å²) in [7, 11) is 1.57. The van der Waals surface area contributed by atoms with Crippen LogP contribution in [0.15, 0.2) is 10.2 Å². The highest BCUT2D eigenvalue weighted by Gasteiger charge is 2.20. The number of hydrogen-bond acceptors (Lipinski definition) is 5. The van der Waals surface area contributed by atoms with Crippen molar-refractivity contribution in [3.8, 4) is 0 Å². The lowest BCUT2D eigenvalue weighted by Gasteiger charge is -2.23. The SMILES string of the molecule is COCCC(C)(O)CNC(=O)CCCn1c(C)csc1=O. The Morgan fingerprint density at radius 3 is 2.86 bits per heavy atom. The molecule has 1 rings (SSSR count). The second kappa shape index (κ2) is 8.31. The Bertz CT molecular complexity index is 507. The van der Waals surface area contributed by atoms with Gasteiger partial charge < -0.3 is 19.7 Å². The van der Waals surface area contributed by atoms with Crippen LogP contribution in [0.4, 0.5) is 0 Å². The van der Waals surface area contributed by atoms with E-state index in [-0.39, 0.29) is 17.3 Å². The van der Waals surface area contributed by atoms with Gasteiger partial charge in [-0.05, 0) is 20.3 Å². The smallest absolute Gasteiger partial charge is 0.307 e. The van der Waals surface area contributed by atoms with Gasteiger partial charge in [0, 0.05) is 50.7 Å². The number of carbonyl (C=O) groups excluding carboxylic acids is 1. The third kappa shape index (κ3) is 6.41. The van der Waals surface area contributed by atoms with Gasteiger partial charge in [0.05, 0.1) is 5.60 Å². The van der Waals surface area contributed by atoms with Crippen LogP contribution in [-0.2, 0) is 16.1 Å². The lowest BCUT2D eigenvalue weighted by Crippen LogP contribution is -2.41. The predicted octanol–water partition coefficient (Wildman–Crippen LogP) is 0.902. The summed E-state index contributed by atoms with van der Waals surface area (Å²) in [5.74, 6) is -0.117. The minimum atomic E-state index is -0.966. The second-order valence-corrected chi connectivity index (χ2v) is 6.24. The molecule has 0 spiro atoms. The van der Waals surface area contributed by atoms with E-state index in [1.165, 1.54) is 11.3 Å². The molecule has 0 saturated heterocycles. The standard InChI is InChI=1S/C14H24N2O4S/c1-11-9-21-13(18)16(11)7-4-5-12(17)15-10-14(2,19)6-8-20-3/h9,19H,4-8,10H2,1-3H3,(H,15,17). The summed E-state index contributed by atoms with van der Waals surface area (Å²) in [5.41, 5.74) is -0.0417. The van der Waals surface area contributed by atoms with E-state index in [1.807, 2.05) is 12.3 Å². The summed E-state index contributed by atoms with van der Waals surface area (Å²) in [6, 6.07) is 0. The third-order valence-electron chi connectivity index (χ3n) is 3.27. The molecule has 0 fully saturated rings. The number of aromatic nitrogens is 1. The van der Waals surface area contributed by atoms with E-state index in [1.54, 1.807) is 18.6 Å². The molecule has 0 aliphatic heterocycles. The molecule has 7 heteroatoms. The topological polar surface area (TPSA) is 80.6 Å². The van der Waals surface area contributed by atoms with Crippen molar-refractivity contribution in [1.82, 2.24) is 9.88 Å². The summed E-state index contributed by atoms with van der Waals surface area (Å²) in [6.45, 7) is 4.74. The molecular formula is C14H24N2O4S. The van der Waals surface area contributed by atoms with E-state index in [0.717, 1.165) is 5.69 Å². The molecule has 0 aliphatic carbocycles. The van der Waals surface area contributed by atoms with Crippen molar-refractivity contribution < 1.29 is 14.6 Å². The fourth-order valence-electron chi connectivity index (χ4n) is 1.86. The average Bonchev–Trinajstić information content (AvgIpc) is 2.75. The molecule has 1 aromatic heterocycles. The van der Waals surface area contributed by atoms with Gasteiger partial charge >= 0.3 is 4.87 Å². The van der Waals surface area contributed by atoms with Crippen LogP contribution in [0.5, 0.6) is 0 Å². The number of thiazole rings is 1. The summed E-state index contributed by atoms with van der Waals surface area (Å²) in [5, 5.41) is 14.5. The van der Waals surface area contributed by atoms with Crippen molar-refractivity contribution in [3.05, 3.63) is 20.7 Å². The molecule has 21 heavy (non-hydrogen) atoms. The molecule has 6 nitrogen and oxygen atoms in total. The maximum absolute atomic E-state index is 11.7. The number of aryl methyl sites for hydroxylation is 1. The molecule has 0 saturated carbocycles. The van der Waals surface area contributed by atoms with Crippen LogP contribution in [0.3, 0.4) is 0 Å². The molecule has 2 N–H and O–H groups in total. The van der Waals surface area contributed by atoms with Crippen LogP contribution in [-0.4, -0.2) is 41.4 Å². The minimum Gasteiger partial charge on any atom is -0.388 e. The van der Waals surface area contributed by atoms with Crippen LogP contribution >= 0.6 is 11.3 Å². The number of methoxy groups -OCH3 is 1. The van der Waals surface area contributed by atoms with Crippen LogP contribution < -0.4 is 10.2 Å². The van der Waals surface area contributed by atoms with Crippen LogP contribution in [0.25, 0.3) is 0 Å². The highest BCUT2D eigenvalue weighted by atomic mass is 32.1. The Labute approximate surface area is 128 Å². The molecule has 0 aromatic carbocycles. The van der Waals surface area contributed by atoms with Gasteiger partial charge in [-0.2, -0.15) is 0 Å². The number of rotatable bonds is 9. The quantitative estimate of drug-likeness (QED) is 0.709. The van der Waals surface area contributed by atoms with E-state index in [0.29, 0.717) is 32.4 Å². The third-order valence-corrected chi connectivity index (χ3v) is 4.15. The molecule has 1 amide bonds. The van der Waals surface area contributed by atoms with Crippen LogP contribution in [0, 0.1) is 6.92 Å². The summed E-state index contributed by atoms with van der Waals surface area (Å²) in [4.78, 5) is 23.2. The minimum absolute atomic E-state index is 0.00964. The number of aliphatic hydroxyl groups is 1. The molecule has 120 valence electrons. The van der Waals surface area contributed by atoms with Gasteiger partial charge in [-0.3, -0.25) is 9.59 Å². The Hall–Kier alpha value is -1.18. The van der Waals surface area contributed by atoms with Gasteiger partial charge in [0.1, 0.15) is 0 Å². The zero-order valence-corrected chi connectivity index (χ0v) is 13.7. The highest BCUT2D eigenvalue weighted by molar-refractivity contribution is 7.07. The molecule has 1 atom stereocenters. The number of ether oxygens (including phenoxy) is 1. The lowest BCUT2D eigenvalue weighted by atomic mass is 10.0. The monoisotopic (exact) mass is 316 g/mol. The fraction of sp³-hybridized carbons (Fsp3) is 0.714. The number of amides is 1. The summed E-state index contributed by atoms with van der Waals surface area (Å²) < 4.78 is 6.58.